The Kier molecular flexibility index (Phi) is 4.91. The highest BCUT2D eigenvalue weighted by molar-refractivity contribution is 7.88. The Hall–Kier alpha value is -0.660. The van der Waals surface area contributed by atoms with Crippen LogP contribution in [0.1, 0.15) is 19.3 Å². The Morgan fingerprint density at radius 3 is 2.71 bits per heavy atom. The van der Waals surface area contributed by atoms with Crippen molar-refractivity contribution in [3.05, 3.63) is 0 Å². The molecule has 100 valence electrons. The van der Waals surface area contributed by atoms with Crippen molar-refractivity contribution >= 4 is 15.9 Å². The minimum absolute atomic E-state index is 0.0259. The van der Waals surface area contributed by atoms with E-state index >= 15 is 0 Å². The quantitative estimate of drug-likeness (QED) is 0.709. The number of hydrogen-bond donors (Lipinski definition) is 1. The minimum atomic E-state index is -3.31. The van der Waals surface area contributed by atoms with Gasteiger partial charge in [-0.1, -0.05) is 0 Å². The molecule has 1 rings (SSSR count). The number of hydrogen-bond acceptors (Lipinski definition) is 4. The molecule has 0 saturated carbocycles. The molecule has 17 heavy (non-hydrogen) atoms. The molecule has 0 aromatic carbocycles. The van der Waals surface area contributed by atoms with Gasteiger partial charge in [-0.3, -0.25) is 4.79 Å². The van der Waals surface area contributed by atoms with E-state index in [4.69, 9.17) is 5.11 Å². The lowest BCUT2D eigenvalue weighted by molar-refractivity contribution is -0.133. The third-order valence-corrected chi connectivity index (χ3v) is 4.23. The zero-order valence-corrected chi connectivity index (χ0v) is 11.1. The van der Waals surface area contributed by atoms with Crippen molar-refractivity contribution in [2.75, 3.05) is 33.0 Å². The molecule has 0 radical (unpaired) electrons. The first-order chi connectivity index (χ1) is 7.88. The molecule has 1 saturated heterocycles. The van der Waals surface area contributed by atoms with Crippen LogP contribution in [0.15, 0.2) is 0 Å². The summed E-state index contributed by atoms with van der Waals surface area (Å²) in [5.41, 5.74) is 0. The lowest BCUT2D eigenvalue weighted by atomic mass is 10.2. The van der Waals surface area contributed by atoms with Crippen molar-refractivity contribution in [1.82, 2.24) is 9.21 Å². The maximum absolute atomic E-state index is 12.0. The fourth-order valence-electron chi connectivity index (χ4n) is 2.06. The van der Waals surface area contributed by atoms with Crippen molar-refractivity contribution in [3.63, 3.8) is 0 Å². The molecule has 1 aliphatic rings. The molecule has 1 amide bonds. The molecule has 0 spiro atoms. The average Bonchev–Trinajstić information content (AvgIpc) is 2.73. The highest BCUT2D eigenvalue weighted by atomic mass is 32.2. The van der Waals surface area contributed by atoms with Crippen molar-refractivity contribution in [1.29, 1.82) is 0 Å². The van der Waals surface area contributed by atoms with Gasteiger partial charge in [0, 0.05) is 26.7 Å². The second-order valence-corrected chi connectivity index (χ2v) is 6.30. The van der Waals surface area contributed by atoms with E-state index in [1.807, 2.05) is 0 Å². The second-order valence-electron chi connectivity index (χ2n) is 4.37. The number of carbonyl (C=O) groups is 1. The fraction of sp³-hybridized carbons (Fsp3) is 0.900. The van der Waals surface area contributed by atoms with Gasteiger partial charge in [-0.15, -0.1) is 0 Å². The van der Waals surface area contributed by atoms with Gasteiger partial charge in [0.15, 0.2) is 0 Å². The van der Waals surface area contributed by atoms with Gasteiger partial charge in [-0.25, -0.2) is 8.42 Å². The molecule has 0 bridgehead atoms. The summed E-state index contributed by atoms with van der Waals surface area (Å²) in [5.74, 6) is -0.179. The number of sulfonamides is 1. The van der Waals surface area contributed by atoms with Crippen molar-refractivity contribution in [3.8, 4) is 0 Å². The van der Waals surface area contributed by atoms with Gasteiger partial charge in [-0.2, -0.15) is 4.31 Å². The molecule has 7 heteroatoms. The Labute approximate surface area is 102 Å². The van der Waals surface area contributed by atoms with Crippen molar-refractivity contribution in [2.45, 2.75) is 25.3 Å². The van der Waals surface area contributed by atoms with E-state index in [9.17, 15) is 13.2 Å². The number of aliphatic hydroxyl groups excluding tert-OH is 1. The molecule has 0 aromatic heterocycles. The molecule has 1 aliphatic heterocycles. The third kappa shape index (κ3) is 3.65. The Balaban J connectivity index is 2.68. The van der Waals surface area contributed by atoms with Gasteiger partial charge in [0.1, 0.15) is 6.04 Å². The number of nitrogens with zero attached hydrogens (tertiary/aromatic N) is 2. The van der Waals surface area contributed by atoms with Crippen molar-refractivity contribution < 1.29 is 18.3 Å². The molecule has 0 aliphatic carbocycles. The van der Waals surface area contributed by atoms with Crippen LogP contribution in [0.3, 0.4) is 0 Å². The Morgan fingerprint density at radius 2 is 2.18 bits per heavy atom. The van der Waals surface area contributed by atoms with Crippen molar-refractivity contribution in [2.24, 2.45) is 0 Å². The number of likely N-dealkylation sites (N-methyl/N-ethyl adjacent to an activating group) is 1. The molecule has 6 nitrogen and oxygen atoms in total. The number of rotatable bonds is 5. The second kappa shape index (κ2) is 5.79. The number of amides is 1. The summed E-state index contributed by atoms with van der Waals surface area (Å²) in [7, 11) is -1.68. The highest BCUT2D eigenvalue weighted by Crippen LogP contribution is 2.21. The van der Waals surface area contributed by atoms with E-state index in [0.717, 1.165) is 12.7 Å². The standard InChI is InChI=1S/C10H20N2O4S/c1-11(6-4-8-13)10(14)9-5-3-7-12(9)17(2,15)16/h9,13H,3-8H2,1-2H3. The van der Waals surface area contributed by atoms with E-state index in [0.29, 0.717) is 25.9 Å². The van der Waals surface area contributed by atoms with Gasteiger partial charge in [-0.05, 0) is 19.3 Å². The van der Waals surface area contributed by atoms with E-state index < -0.39 is 16.1 Å². The predicted molar refractivity (Wildman–Crippen MR) is 63.9 cm³/mol. The van der Waals surface area contributed by atoms with Crippen LogP contribution in [0.2, 0.25) is 0 Å². The van der Waals surface area contributed by atoms with E-state index in [1.165, 1.54) is 9.21 Å². The Morgan fingerprint density at radius 1 is 1.53 bits per heavy atom. The van der Waals surface area contributed by atoms with Crippen LogP contribution in [-0.4, -0.2) is 67.7 Å². The smallest absolute Gasteiger partial charge is 0.240 e. The zero-order valence-electron chi connectivity index (χ0n) is 10.3. The summed E-state index contributed by atoms with van der Waals surface area (Å²) in [5, 5.41) is 8.70. The van der Waals surface area contributed by atoms with Gasteiger partial charge in [0.2, 0.25) is 15.9 Å². The zero-order chi connectivity index (χ0) is 13.1. The molecule has 1 heterocycles. The fourth-order valence-corrected chi connectivity index (χ4v) is 3.17. The minimum Gasteiger partial charge on any atom is -0.396 e. The van der Waals surface area contributed by atoms with E-state index in [-0.39, 0.29) is 12.5 Å². The highest BCUT2D eigenvalue weighted by Gasteiger charge is 2.37. The predicted octanol–water partition coefficient (Wildman–Crippen LogP) is -0.749. The first-order valence-electron chi connectivity index (χ1n) is 5.70. The molecular formula is C10H20N2O4S. The topological polar surface area (TPSA) is 77.9 Å². The maximum Gasteiger partial charge on any atom is 0.240 e. The molecule has 1 unspecified atom stereocenters. The maximum atomic E-state index is 12.0. The normalized spacial score (nSPS) is 21.7. The summed E-state index contributed by atoms with van der Waals surface area (Å²) in [6.45, 7) is 0.893. The van der Waals surface area contributed by atoms with Crippen LogP contribution < -0.4 is 0 Å². The lowest BCUT2D eigenvalue weighted by Crippen LogP contribution is -2.46. The van der Waals surface area contributed by atoms with Crippen LogP contribution in [0.4, 0.5) is 0 Å². The monoisotopic (exact) mass is 264 g/mol. The third-order valence-electron chi connectivity index (χ3n) is 2.94. The number of carbonyl (C=O) groups excluding carboxylic acids is 1. The van der Waals surface area contributed by atoms with Gasteiger partial charge in [0.25, 0.3) is 0 Å². The van der Waals surface area contributed by atoms with Crippen LogP contribution in [0.25, 0.3) is 0 Å². The van der Waals surface area contributed by atoms with Gasteiger partial charge >= 0.3 is 0 Å². The molecular weight excluding hydrogens is 244 g/mol. The largest absolute Gasteiger partial charge is 0.396 e. The van der Waals surface area contributed by atoms with Crippen LogP contribution >= 0.6 is 0 Å². The average molecular weight is 264 g/mol. The van der Waals surface area contributed by atoms with E-state index in [2.05, 4.69) is 0 Å². The van der Waals surface area contributed by atoms with Crippen LogP contribution in [0.5, 0.6) is 0 Å². The number of aliphatic hydroxyl groups is 1. The summed E-state index contributed by atoms with van der Waals surface area (Å²) in [6, 6.07) is -0.561. The lowest BCUT2D eigenvalue weighted by Gasteiger charge is -2.26. The molecule has 0 aromatic rings. The summed E-state index contributed by atoms with van der Waals surface area (Å²) in [6.07, 6.45) is 2.94. The first-order valence-corrected chi connectivity index (χ1v) is 7.55. The summed E-state index contributed by atoms with van der Waals surface area (Å²) < 4.78 is 24.3. The first kappa shape index (κ1) is 14.4. The van der Waals surface area contributed by atoms with E-state index in [1.54, 1.807) is 7.05 Å². The molecule has 1 fully saturated rings. The molecule has 1 atom stereocenters. The summed E-state index contributed by atoms with van der Waals surface area (Å²) >= 11 is 0. The molecule has 1 N–H and O–H groups in total. The van der Waals surface area contributed by atoms with Crippen LogP contribution in [0, 0.1) is 0 Å². The summed E-state index contributed by atoms with van der Waals surface area (Å²) in [4.78, 5) is 13.5. The Bertz CT molecular complexity index is 369. The van der Waals surface area contributed by atoms with Gasteiger partial charge < -0.3 is 10.0 Å². The van der Waals surface area contributed by atoms with Crippen LogP contribution in [-0.2, 0) is 14.8 Å². The van der Waals surface area contributed by atoms with Gasteiger partial charge in [0.05, 0.1) is 6.26 Å². The SMILES string of the molecule is CN(CCCO)C(=O)C1CCCN1S(C)(=O)=O.